The number of carbonyl (C=O) groups is 1. The molecule has 0 saturated carbocycles. The molecule has 1 fully saturated rings. The number of piperidine rings is 1. The van der Waals surface area contributed by atoms with Gasteiger partial charge in [-0.15, -0.1) is 0 Å². The Morgan fingerprint density at radius 2 is 2.10 bits per heavy atom. The van der Waals surface area contributed by atoms with Gasteiger partial charge in [0.25, 0.3) is 5.91 Å². The molecule has 21 heavy (non-hydrogen) atoms. The normalized spacial score (nSPS) is 18.1. The molecule has 1 aromatic rings. The zero-order valence-electron chi connectivity index (χ0n) is 13.0. The first-order valence-corrected chi connectivity index (χ1v) is 7.34. The first kappa shape index (κ1) is 15.6. The van der Waals surface area contributed by atoms with E-state index in [0.29, 0.717) is 23.0 Å². The highest BCUT2D eigenvalue weighted by molar-refractivity contribution is 5.94. The fraction of sp³-hybridized carbons (Fsp3) is 0.562. The summed E-state index contributed by atoms with van der Waals surface area (Å²) in [5.41, 5.74) is 0.624. The van der Waals surface area contributed by atoms with Crippen molar-refractivity contribution in [3.63, 3.8) is 0 Å². The summed E-state index contributed by atoms with van der Waals surface area (Å²) >= 11 is 0. The van der Waals surface area contributed by atoms with Crippen molar-refractivity contribution < 1.29 is 14.3 Å². The maximum Gasteiger partial charge on any atom is 0.253 e. The van der Waals surface area contributed by atoms with Crippen LogP contribution in [0.1, 0.15) is 23.2 Å². The van der Waals surface area contributed by atoms with Gasteiger partial charge in [-0.1, -0.05) is 0 Å². The molecule has 0 aliphatic carbocycles. The standard InChI is InChI=1S/C16H24N2O3/c1-18(11-12-5-4-8-17-10-12)16(19)13-6-7-14(20-2)15(9-13)21-3/h6-7,9,12,17H,4-5,8,10-11H2,1-3H3. The van der Waals surface area contributed by atoms with Gasteiger partial charge in [0.05, 0.1) is 14.2 Å². The minimum Gasteiger partial charge on any atom is -0.493 e. The molecule has 1 saturated heterocycles. The Hall–Kier alpha value is -1.75. The second-order valence-corrected chi connectivity index (χ2v) is 5.47. The van der Waals surface area contributed by atoms with E-state index in [1.807, 2.05) is 7.05 Å². The van der Waals surface area contributed by atoms with Crippen molar-refractivity contribution in [1.82, 2.24) is 10.2 Å². The van der Waals surface area contributed by atoms with E-state index in [1.54, 1.807) is 37.3 Å². The van der Waals surface area contributed by atoms with E-state index in [2.05, 4.69) is 5.32 Å². The van der Waals surface area contributed by atoms with Crippen LogP contribution in [0.3, 0.4) is 0 Å². The summed E-state index contributed by atoms with van der Waals surface area (Å²) in [5.74, 6) is 1.76. The molecule has 0 bridgehead atoms. The van der Waals surface area contributed by atoms with Crippen LogP contribution in [0.25, 0.3) is 0 Å². The number of methoxy groups -OCH3 is 2. The van der Waals surface area contributed by atoms with Crippen LogP contribution >= 0.6 is 0 Å². The molecule has 1 aliphatic rings. The Morgan fingerprint density at radius 3 is 2.71 bits per heavy atom. The molecule has 1 aliphatic heterocycles. The van der Waals surface area contributed by atoms with Gasteiger partial charge in [-0.2, -0.15) is 0 Å². The number of amides is 1. The topological polar surface area (TPSA) is 50.8 Å². The molecule has 1 aromatic carbocycles. The highest BCUT2D eigenvalue weighted by atomic mass is 16.5. The lowest BCUT2D eigenvalue weighted by Gasteiger charge is -2.27. The van der Waals surface area contributed by atoms with Gasteiger partial charge in [-0.25, -0.2) is 0 Å². The summed E-state index contributed by atoms with van der Waals surface area (Å²) in [6, 6.07) is 5.28. The van der Waals surface area contributed by atoms with E-state index in [4.69, 9.17) is 9.47 Å². The van der Waals surface area contributed by atoms with Gasteiger partial charge in [-0.3, -0.25) is 4.79 Å². The number of carbonyl (C=O) groups excluding carboxylic acids is 1. The van der Waals surface area contributed by atoms with Crippen molar-refractivity contribution in [1.29, 1.82) is 0 Å². The van der Waals surface area contributed by atoms with Gasteiger partial charge in [0.1, 0.15) is 0 Å². The molecule has 5 heteroatoms. The van der Waals surface area contributed by atoms with Crippen molar-refractivity contribution in [3.8, 4) is 11.5 Å². The van der Waals surface area contributed by atoms with E-state index < -0.39 is 0 Å². The molecule has 0 radical (unpaired) electrons. The second-order valence-electron chi connectivity index (χ2n) is 5.47. The van der Waals surface area contributed by atoms with Crippen LogP contribution in [0.2, 0.25) is 0 Å². The molecule has 116 valence electrons. The van der Waals surface area contributed by atoms with Gasteiger partial charge in [0, 0.05) is 19.2 Å². The largest absolute Gasteiger partial charge is 0.493 e. The van der Waals surface area contributed by atoms with Gasteiger partial charge in [-0.05, 0) is 50.0 Å². The molecule has 2 rings (SSSR count). The van der Waals surface area contributed by atoms with Crippen LogP contribution in [0, 0.1) is 5.92 Å². The molecule has 5 nitrogen and oxygen atoms in total. The fourth-order valence-corrected chi connectivity index (χ4v) is 2.74. The van der Waals surface area contributed by atoms with Crippen molar-refractivity contribution in [2.75, 3.05) is 40.9 Å². The number of nitrogens with zero attached hydrogens (tertiary/aromatic N) is 1. The van der Waals surface area contributed by atoms with Crippen molar-refractivity contribution in [3.05, 3.63) is 23.8 Å². The summed E-state index contributed by atoms with van der Waals surface area (Å²) in [6.07, 6.45) is 2.36. The molecule has 1 unspecified atom stereocenters. The summed E-state index contributed by atoms with van der Waals surface area (Å²) in [5, 5.41) is 3.38. The lowest BCUT2D eigenvalue weighted by Crippen LogP contribution is -2.39. The molecule has 1 atom stereocenters. The summed E-state index contributed by atoms with van der Waals surface area (Å²) in [4.78, 5) is 14.3. The third-order valence-electron chi connectivity index (χ3n) is 3.91. The van der Waals surface area contributed by atoms with Crippen molar-refractivity contribution in [2.45, 2.75) is 12.8 Å². The van der Waals surface area contributed by atoms with Gasteiger partial charge < -0.3 is 19.7 Å². The molecule has 1 amide bonds. The van der Waals surface area contributed by atoms with E-state index in [9.17, 15) is 4.79 Å². The number of ether oxygens (including phenoxy) is 2. The Balaban J connectivity index is 2.04. The predicted octanol–water partition coefficient (Wildman–Crippen LogP) is 1.78. The number of nitrogens with one attached hydrogen (secondary N) is 1. The minimum atomic E-state index is 0.0153. The summed E-state index contributed by atoms with van der Waals surface area (Å²) < 4.78 is 10.4. The van der Waals surface area contributed by atoms with Crippen LogP contribution < -0.4 is 14.8 Å². The smallest absolute Gasteiger partial charge is 0.253 e. The van der Waals surface area contributed by atoms with Gasteiger partial charge >= 0.3 is 0 Å². The third-order valence-corrected chi connectivity index (χ3v) is 3.91. The molecule has 1 heterocycles. The molecule has 0 spiro atoms. The summed E-state index contributed by atoms with van der Waals surface area (Å²) in [6.45, 7) is 2.85. The average molecular weight is 292 g/mol. The zero-order valence-corrected chi connectivity index (χ0v) is 13.0. The maximum atomic E-state index is 12.5. The molecular weight excluding hydrogens is 268 g/mol. The first-order valence-electron chi connectivity index (χ1n) is 7.34. The van der Waals surface area contributed by atoms with E-state index in [1.165, 1.54) is 12.8 Å². The van der Waals surface area contributed by atoms with Gasteiger partial charge in [0.2, 0.25) is 0 Å². The third kappa shape index (κ3) is 3.88. The number of rotatable bonds is 5. The Labute approximate surface area is 126 Å². The van der Waals surface area contributed by atoms with E-state index in [0.717, 1.165) is 19.6 Å². The fourth-order valence-electron chi connectivity index (χ4n) is 2.74. The van der Waals surface area contributed by atoms with Crippen LogP contribution in [0.5, 0.6) is 11.5 Å². The van der Waals surface area contributed by atoms with E-state index in [-0.39, 0.29) is 5.91 Å². The zero-order chi connectivity index (χ0) is 15.2. The quantitative estimate of drug-likeness (QED) is 0.899. The van der Waals surface area contributed by atoms with E-state index >= 15 is 0 Å². The average Bonchev–Trinajstić information content (AvgIpc) is 2.54. The van der Waals surface area contributed by atoms with Gasteiger partial charge in [0.15, 0.2) is 11.5 Å². The molecule has 1 N–H and O–H groups in total. The Kier molecular flexibility index (Phi) is 5.44. The minimum absolute atomic E-state index is 0.0153. The predicted molar refractivity (Wildman–Crippen MR) is 82.1 cm³/mol. The molecular formula is C16H24N2O3. The van der Waals surface area contributed by atoms with Crippen LogP contribution in [0.15, 0.2) is 18.2 Å². The Bertz CT molecular complexity index is 484. The lowest BCUT2D eigenvalue weighted by molar-refractivity contribution is 0.0764. The van der Waals surface area contributed by atoms with Crippen molar-refractivity contribution >= 4 is 5.91 Å². The highest BCUT2D eigenvalue weighted by Gasteiger charge is 2.20. The summed E-state index contributed by atoms with van der Waals surface area (Å²) in [7, 11) is 5.01. The molecule has 0 aromatic heterocycles. The maximum absolute atomic E-state index is 12.5. The second kappa shape index (κ2) is 7.31. The van der Waals surface area contributed by atoms with Crippen LogP contribution in [-0.4, -0.2) is 51.7 Å². The van der Waals surface area contributed by atoms with Crippen LogP contribution in [0.4, 0.5) is 0 Å². The van der Waals surface area contributed by atoms with Crippen molar-refractivity contribution in [2.24, 2.45) is 5.92 Å². The number of benzene rings is 1. The van der Waals surface area contributed by atoms with Crippen LogP contribution in [-0.2, 0) is 0 Å². The lowest BCUT2D eigenvalue weighted by atomic mass is 9.99. The number of hydrogen-bond donors (Lipinski definition) is 1. The monoisotopic (exact) mass is 292 g/mol. The highest BCUT2D eigenvalue weighted by Crippen LogP contribution is 2.28. The number of hydrogen-bond acceptors (Lipinski definition) is 4. The first-order chi connectivity index (χ1) is 10.2. The SMILES string of the molecule is COc1ccc(C(=O)N(C)CC2CCCNC2)cc1OC. The Morgan fingerprint density at radius 1 is 1.33 bits per heavy atom.